The van der Waals surface area contributed by atoms with Gasteiger partial charge in [-0.3, -0.25) is 4.79 Å². The zero-order valence-electron chi connectivity index (χ0n) is 12.0. The largest absolute Gasteiger partial charge is 0.464 e. The number of amides is 1. The lowest BCUT2D eigenvalue weighted by atomic mass is 10.1. The van der Waals surface area contributed by atoms with Crippen molar-refractivity contribution in [2.75, 3.05) is 13.1 Å². The smallest absolute Gasteiger partial charge is 0.227 e. The average molecular weight is 271 g/mol. The van der Waals surface area contributed by atoms with E-state index in [9.17, 15) is 4.79 Å². The number of furan rings is 1. The highest BCUT2D eigenvalue weighted by Gasteiger charge is 2.17. The first-order valence-electron chi connectivity index (χ1n) is 7.48. The lowest BCUT2D eigenvalue weighted by Gasteiger charge is -2.19. The molecular formula is C17H21NO2. The first-order valence-corrected chi connectivity index (χ1v) is 7.48. The summed E-state index contributed by atoms with van der Waals surface area (Å²) in [6, 6.07) is 6.15. The monoisotopic (exact) mass is 271 g/mol. The van der Waals surface area contributed by atoms with E-state index in [1.54, 1.807) is 6.26 Å². The summed E-state index contributed by atoms with van der Waals surface area (Å²) in [5.74, 6) is 0.232. The number of hydrogen-bond acceptors (Lipinski definition) is 2. The van der Waals surface area contributed by atoms with E-state index in [0.29, 0.717) is 6.42 Å². The summed E-state index contributed by atoms with van der Waals surface area (Å²) in [7, 11) is 0. The molecule has 0 atom stereocenters. The average Bonchev–Trinajstić information content (AvgIpc) is 2.66. The summed E-state index contributed by atoms with van der Waals surface area (Å²) < 4.78 is 5.57. The van der Waals surface area contributed by atoms with Crippen molar-refractivity contribution in [1.29, 1.82) is 0 Å². The fraction of sp³-hybridized carbons (Fsp3) is 0.471. The first-order chi connectivity index (χ1) is 9.74. The molecule has 3 nitrogen and oxygen atoms in total. The van der Waals surface area contributed by atoms with Crippen molar-refractivity contribution in [2.24, 2.45) is 0 Å². The van der Waals surface area contributed by atoms with Gasteiger partial charge in [-0.05, 0) is 31.4 Å². The molecule has 3 rings (SSSR count). The summed E-state index contributed by atoms with van der Waals surface area (Å²) in [4.78, 5) is 14.4. The standard InChI is InChI=1S/C17H21NO2/c1-13-6-7-15-14(12-20-16(15)10-13)11-17(19)18-8-4-2-3-5-9-18/h6-7,10,12H,2-5,8-9,11H2,1H3. The molecule has 1 amide bonds. The summed E-state index contributed by atoms with van der Waals surface area (Å²) >= 11 is 0. The van der Waals surface area contributed by atoms with Gasteiger partial charge in [0.2, 0.25) is 5.91 Å². The fourth-order valence-corrected chi connectivity index (χ4v) is 2.92. The number of benzene rings is 1. The summed E-state index contributed by atoms with van der Waals surface area (Å²) in [5, 5.41) is 1.07. The molecule has 0 saturated carbocycles. The van der Waals surface area contributed by atoms with Crippen molar-refractivity contribution in [3.8, 4) is 0 Å². The van der Waals surface area contributed by atoms with Crippen LogP contribution in [-0.2, 0) is 11.2 Å². The topological polar surface area (TPSA) is 33.5 Å². The Morgan fingerprint density at radius 1 is 1.20 bits per heavy atom. The van der Waals surface area contributed by atoms with Gasteiger partial charge < -0.3 is 9.32 Å². The van der Waals surface area contributed by atoms with Gasteiger partial charge in [0, 0.05) is 24.0 Å². The second-order valence-corrected chi connectivity index (χ2v) is 5.73. The third-order valence-electron chi connectivity index (χ3n) is 4.11. The highest BCUT2D eigenvalue weighted by atomic mass is 16.3. The molecule has 0 unspecified atom stereocenters. The predicted octanol–water partition coefficient (Wildman–Crippen LogP) is 3.69. The van der Waals surface area contributed by atoms with Crippen molar-refractivity contribution in [1.82, 2.24) is 4.90 Å². The molecule has 2 heterocycles. The molecule has 0 radical (unpaired) electrons. The Labute approximate surface area is 119 Å². The second kappa shape index (κ2) is 5.70. The normalized spacial score (nSPS) is 16.4. The van der Waals surface area contributed by atoms with Crippen LogP contribution in [0, 0.1) is 6.92 Å². The van der Waals surface area contributed by atoms with Crippen molar-refractivity contribution >= 4 is 16.9 Å². The lowest BCUT2D eigenvalue weighted by Crippen LogP contribution is -2.32. The fourth-order valence-electron chi connectivity index (χ4n) is 2.92. The van der Waals surface area contributed by atoms with Crippen molar-refractivity contribution in [3.63, 3.8) is 0 Å². The van der Waals surface area contributed by atoms with E-state index >= 15 is 0 Å². The van der Waals surface area contributed by atoms with Gasteiger partial charge in [0.1, 0.15) is 5.58 Å². The van der Waals surface area contributed by atoms with Crippen LogP contribution in [0.25, 0.3) is 11.0 Å². The van der Waals surface area contributed by atoms with E-state index < -0.39 is 0 Å². The summed E-state index contributed by atoms with van der Waals surface area (Å²) in [6.07, 6.45) is 6.96. The van der Waals surface area contributed by atoms with Gasteiger partial charge in [-0.25, -0.2) is 0 Å². The van der Waals surface area contributed by atoms with E-state index in [2.05, 4.69) is 12.1 Å². The minimum atomic E-state index is 0.232. The zero-order chi connectivity index (χ0) is 13.9. The minimum absolute atomic E-state index is 0.232. The third kappa shape index (κ3) is 2.72. The minimum Gasteiger partial charge on any atom is -0.464 e. The highest BCUT2D eigenvalue weighted by Crippen LogP contribution is 2.23. The van der Waals surface area contributed by atoms with Gasteiger partial charge in [-0.15, -0.1) is 0 Å². The lowest BCUT2D eigenvalue weighted by molar-refractivity contribution is -0.130. The molecule has 20 heavy (non-hydrogen) atoms. The van der Waals surface area contributed by atoms with E-state index in [0.717, 1.165) is 42.5 Å². The molecule has 1 aliphatic rings. The maximum absolute atomic E-state index is 12.4. The van der Waals surface area contributed by atoms with Gasteiger partial charge in [0.25, 0.3) is 0 Å². The third-order valence-corrected chi connectivity index (χ3v) is 4.11. The molecule has 2 aromatic rings. The van der Waals surface area contributed by atoms with Crippen LogP contribution >= 0.6 is 0 Å². The second-order valence-electron chi connectivity index (χ2n) is 5.73. The quantitative estimate of drug-likeness (QED) is 0.834. The van der Waals surface area contributed by atoms with Crippen LogP contribution in [0.3, 0.4) is 0 Å². The Bertz CT molecular complexity index is 606. The molecule has 1 saturated heterocycles. The predicted molar refractivity (Wildman–Crippen MR) is 79.7 cm³/mol. The zero-order valence-corrected chi connectivity index (χ0v) is 12.0. The van der Waals surface area contributed by atoms with E-state index in [1.165, 1.54) is 18.4 Å². The van der Waals surface area contributed by atoms with Crippen LogP contribution in [0.1, 0.15) is 36.8 Å². The van der Waals surface area contributed by atoms with Crippen LogP contribution in [0.4, 0.5) is 0 Å². The Kier molecular flexibility index (Phi) is 3.77. The summed E-state index contributed by atoms with van der Waals surface area (Å²) in [6.45, 7) is 3.87. The van der Waals surface area contributed by atoms with E-state index in [1.807, 2.05) is 17.9 Å². The number of carbonyl (C=O) groups is 1. The van der Waals surface area contributed by atoms with Crippen LogP contribution in [-0.4, -0.2) is 23.9 Å². The van der Waals surface area contributed by atoms with Crippen molar-refractivity contribution < 1.29 is 9.21 Å². The molecule has 1 aliphatic heterocycles. The molecule has 1 aromatic heterocycles. The van der Waals surface area contributed by atoms with Gasteiger partial charge in [0.15, 0.2) is 0 Å². The molecule has 1 fully saturated rings. The molecule has 1 aromatic carbocycles. The van der Waals surface area contributed by atoms with Gasteiger partial charge in [-0.1, -0.05) is 25.0 Å². The number of nitrogens with zero attached hydrogens (tertiary/aromatic N) is 1. The molecule has 0 bridgehead atoms. The molecule has 0 aliphatic carbocycles. The number of hydrogen-bond donors (Lipinski definition) is 0. The van der Waals surface area contributed by atoms with Gasteiger partial charge >= 0.3 is 0 Å². The van der Waals surface area contributed by atoms with Crippen LogP contribution in [0.15, 0.2) is 28.9 Å². The molecular weight excluding hydrogens is 250 g/mol. The maximum atomic E-state index is 12.4. The summed E-state index contributed by atoms with van der Waals surface area (Å²) in [5.41, 5.74) is 3.06. The van der Waals surface area contributed by atoms with E-state index in [4.69, 9.17) is 4.42 Å². The van der Waals surface area contributed by atoms with Crippen molar-refractivity contribution in [3.05, 3.63) is 35.6 Å². The van der Waals surface area contributed by atoms with Gasteiger partial charge in [0.05, 0.1) is 12.7 Å². The Balaban J connectivity index is 1.76. The number of likely N-dealkylation sites (tertiary alicyclic amines) is 1. The van der Waals surface area contributed by atoms with E-state index in [-0.39, 0.29) is 5.91 Å². The highest BCUT2D eigenvalue weighted by molar-refractivity contribution is 5.88. The van der Waals surface area contributed by atoms with Crippen LogP contribution < -0.4 is 0 Å². The Morgan fingerprint density at radius 2 is 1.95 bits per heavy atom. The SMILES string of the molecule is Cc1ccc2c(CC(=O)N3CCCCCC3)coc2c1. The first kappa shape index (κ1) is 13.2. The Hall–Kier alpha value is -1.77. The molecule has 0 spiro atoms. The number of carbonyl (C=O) groups excluding carboxylic acids is 1. The molecule has 0 N–H and O–H groups in total. The number of rotatable bonds is 2. The number of fused-ring (bicyclic) bond motifs is 1. The van der Waals surface area contributed by atoms with Crippen LogP contribution in [0.5, 0.6) is 0 Å². The Morgan fingerprint density at radius 3 is 2.70 bits per heavy atom. The van der Waals surface area contributed by atoms with Crippen LogP contribution in [0.2, 0.25) is 0 Å². The molecule has 3 heteroatoms. The number of aryl methyl sites for hydroxylation is 1. The van der Waals surface area contributed by atoms with Crippen molar-refractivity contribution in [2.45, 2.75) is 39.0 Å². The van der Waals surface area contributed by atoms with Gasteiger partial charge in [-0.2, -0.15) is 0 Å². The maximum Gasteiger partial charge on any atom is 0.227 e. The molecule has 106 valence electrons.